The maximum absolute atomic E-state index is 12.6. The van der Waals surface area contributed by atoms with Gasteiger partial charge in [0.2, 0.25) is 0 Å². The number of aromatic nitrogens is 1. The minimum absolute atomic E-state index is 0.456. The molecule has 0 radical (unpaired) electrons. The Labute approximate surface area is 159 Å². The first-order valence-electron chi connectivity index (χ1n) is 7.62. The lowest BCUT2D eigenvalue weighted by Crippen LogP contribution is -2.64. The van der Waals surface area contributed by atoms with Crippen LogP contribution in [0.3, 0.4) is 0 Å². The van der Waals surface area contributed by atoms with E-state index in [1.165, 1.54) is 0 Å². The molecule has 0 bridgehead atoms. The van der Waals surface area contributed by atoms with Crippen LogP contribution >= 0.6 is 20.7 Å². The van der Waals surface area contributed by atoms with Crippen molar-refractivity contribution in [3.8, 4) is 0 Å². The Hall–Kier alpha value is -2.09. The monoisotopic (exact) mass is 422 g/mol. The maximum atomic E-state index is 12.6. The average Bonchev–Trinajstić information content (AvgIpc) is 2.87. The zero-order valence-electron chi connectivity index (χ0n) is 14.4. The summed E-state index contributed by atoms with van der Waals surface area (Å²) in [5, 5.41) is 12.6. The zero-order chi connectivity index (χ0) is 20.3. The van der Waals surface area contributed by atoms with Gasteiger partial charge in [0.25, 0.3) is 0 Å². The van der Waals surface area contributed by atoms with Gasteiger partial charge in [0, 0.05) is 27.1 Å². The second-order valence-corrected chi connectivity index (χ2v) is 7.58. The number of carbonyl (C=O) groups is 3. The standard InChI is InChI=1S/C14H16NO10S2/c1-5(16)22-4-8-10(23-6(2)17)11(24-7(3)18)9(12(19)25-8)15-13(20)26-27-14(15)21/h8-12H,4H2,1-3H3/q-1/t8-,9-,10-,11-,12?/m1/s1. The summed E-state index contributed by atoms with van der Waals surface area (Å²) >= 11 is 0. The van der Waals surface area contributed by atoms with Gasteiger partial charge < -0.3 is 24.1 Å². The molecule has 0 amide bonds. The number of rotatable bonds is 5. The summed E-state index contributed by atoms with van der Waals surface area (Å²) in [6.45, 7) is 2.79. The van der Waals surface area contributed by atoms with Crippen molar-refractivity contribution < 1.29 is 38.4 Å². The van der Waals surface area contributed by atoms with Crippen molar-refractivity contribution in [1.82, 2.24) is 4.57 Å². The molecule has 1 aromatic heterocycles. The van der Waals surface area contributed by atoms with Crippen LogP contribution in [0.25, 0.3) is 0 Å². The fourth-order valence-corrected chi connectivity index (χ4v) is 4.31. The van der Waals surface area contributed by atoms with Crippen LogP contribution in [-0.2, 0) is 33.3 Å². The van der Waals surface area contributed by atoms with Gasteiger partial charge in [0.15, 0.2) is 12.2 Å². The molecule has 0 aliphatic carbocycles. The van der Waals surface area contributed by atoms with Crippen LogP contribution in [0.5, 0.6) is 0 Å². The van der Waals surface area contributed by atoms with E-state index in [1.54, 1.807) is 0 Å². The number of hydrogen-bond acceptors (Lipinski definition) is 12. The van der Waals surface area contributed by atoms with E-state index in [4.69, 9.17) is 18.9 Å². The lowest BCUT2D eigenvalue weighted by molar-refractivity contribution is -0.525. The third-order valence-electron chi connectivity index (χ3n) is 3.55. The highest BCUT2D eigenvalue weighted by molar-refractivity contribution is 7.67. The minimum atomic E-state index is -2.02. The second-order valence-electron chi connectivity index (χ2n) is 5.55. The number of carbonyl (C=O) groups excluding carboxylic acids is 3. The summed E-state index contributed by atoms with van der Waals surface area (Å²) in [7, 11) is 1.20. The lowest BCUT2D eigenvalue weighted by atomic mass is 9.96. The normalized spacial score (nSPS) is 27.6. The van der Waals surface area contributed by atoms with E-state index in [1.807, 2.05) is 0 Å². The molecule has 0 aromatic carbocycles. The van der Waals surface area contributed by atoms with Gasteiger partial charge in [-0.1, -0.05) is 0 Å². The number of nitrogens with zero attached hydrogens (tertiary/aromatic N) is 1. The zero-order valence-corrected chi connectivity index (χ0v) is 16.1. The Morgan fingerprint density at radius 3 is 2.00 bits per heavy atom. The molecule has 5 atom stereocenters. The van der Waals surface area contributed by atoms with E-state index in [0.717, 1.165) is 20.8 Å². The van der Waals surface area contributed by atoms with E-state index in [2.05, 4.69) is 0 Å². The van der Waals surface area contributed by atoms with Gasteiger partial charge >= 0.3 is 27.7 Å². The molecule has 0 N–H and O–H groups in total. The Kier molecular flexibility index (Phi) is 6.86. The third-order valence-corrected chi connectivity index (χ3v) is 5.41. The van der Waals surface area contributed by atoms with Crippen LogP contribution in [0.15, 0.2) is 9.59 Å². The maximum Gasteiger partial charge on any atom is 0.321 e. The van der Waals surface area contributed by atoms with Gasteiger partial charge in [-0.05, 0) is 20.7 Å². The van der Waals surface area contributed by atoms with E-state index in [0.29, 0.717) is 25.2 Å². The smallest absolute Gasteiger partial charge is 0.321 e. The molecule has 11 nitrogen and oxygen atoms in total. The van der Waals surface area contributed by atoms with Crippen molar-refractivity contribution in [2.24, 2.45) is 0 Å². The quantitative estimate of drug-likeness (QED) is 0.308. The first-order valence-corrected chi connectivity index (χ1v) is 9.77. The predicted molar refractivity (Wildman–Crippen MR) is 88.2 cm³/mol. The Morgan fingerprint density at radius 2 is 1.52 bits per heavy atom. The molecule has 1 aromatic rings. The molecule has 1 aliphatic heterocycles. The van der Waals surface area contributed by atoms with Crippen molar-refractivity contribution in [3.05, 3.63) is 19.3 Å². The average molecular weight is 422 g/mol. The highest BCUT2D eigenvalue weighted by atomic mass is 32.9. The molecule has 1 unspecified atom stereocenters. The first kappa shape index (κ1) is 21.2. The van der Waals surface area contributed by atoms with Crippen molar-refractivity contribution in [3.63, 3.8) is 0 Å². The largest absolute Gasteiger partial charge is 0.829 e. The van der Waals surface area contributed by atoms with Gasteiger partial charge in [-0.15, -0.1) is 0 Å². The van der Waals surface area contributed by atoms with Gasteiger partial charge in [-0.2, -0.15) is 0 Å². The number of esters is 3. The van der Waals surface area contributed by atoms with Gasteiger partial charge in [0.05, 0.1) is 6.04 Å². The van der Waals surface area contributed by atoms with Crippen LogP contribution in [0.2, 0.25) is 0 Å². The predicted octanol–water partition coefficient (Wildman–Crippen LogP) is -1.62. The molecule has 150 valence electrons. The molecule has 1 aliphatic rings. The molecule has 1 fully saturated rings. The van der Waals surface area contributed by atoms with Crippen LogP contribution in [0, 0.1) is 0 Å². The van der Waals surface area contributed by atoms with Gasteiger partial charge in [-0.25, -0.2) is 4.57 Å². The van der Waals surface area contributed by atoms with Crippen LogP contribution in [0.1, 0.15) is 26.8 Å². The number of hydrogen-bond donors (Lipinski definition) is 0. The summed E-state index contributed by atoms with van der Waals surface area (Å²) < 4.78 is 20.9. The topological polar surface area (TPSA) is 150 Å². The molecule has 27 heavy (non-hydrogen) atoms. The first-order chi connectivity index (χ1) is 12.6. The van der Waals surface area contributed by atoms with Crippen molar-refractivity contribution in [2.45, 2.75) is 51.4 Å². The molecule has 1 saturated heterocycles. The SMILES string of the molecule is CC(=O)OC[C@H]1OC([O-])[C@H](n2c(=O)ssc2=O)[C@@H](OC(C)=O)[C@@H]1OC(C)=O. The molecule has 2 heterocycles. The highest BCUT2D eigenvalue weighted by Crippen LogP contribution is 2.31. The van der Waals surface area contributed by atoms with E-state index in [-0.39, 0.29) is 0 Å². The van der Waals surface area contributed by atoms with Gasteiger partial charge in [0.1, 0.15) is 12.7 Å². The molecule has 0 spiro atoms. The summed E-state index contributed by atoms with van der Waals surface area (Å²) in [6.07, 6.45) is -6.14. The highest BCUT2D eigenvalue weighted by Gasteiger charge is 2.48. The molecule has 2 rings (SSSR count). The molecular formula is C14H16NO10S2-. The van der Waals surface area contributed by atoms with Crippen LogP contribution < -0.4 is 14.9 Å². The molecule has 13 heteroatoms. The van der Waals surface area contributed by atoms with Crippen LogP contribution in [-0.4, -0.2) is 53.7 Å². The van der Waals surface area contributed by atoms with Crippen LogP contribution in [0.4, 0.5) is 0 Å². The second kappa shape index (κ2) is 8.73. The fourth-order valence-electron chi connectivity index (χ4n) is 2.63. The number of ether oxygens (including phenoxy) is 4. The van der Waals surface area contributed by atoms with E-state index in [9.17, 15) is 29.1 Å². The Morgan fingerprint density at radius 1 is 1.00 bits per heavy atom. The minimum Gasteiger partial charge on any atom is -0.829 e. The van der Waals surface area contributed by atoms with Crippen molar-refractivity contribution >= 4 is 38.6 Å². The molecular weight excluding hydrogens is 406 g/mol. The molecule has 0 saturated carbocycles. The summed E-state index contributed by atoms with van der Waals surface area (Å²) in [5.41, 5.74) is 0. The summed E-state index contributed by atoms with van der Waals surface area (Å²) in [5.74, 6) is -2.30. The summed E-state index contributed by atoms with van der Waals surface area (Å²) in [4.78, 5) is 56.7. The Balaban J connectivity index is 2.49. The fraction of sp³-hybridized carbons (Fsp3) is 0.643. The van der Waals surface area contributed by atoms with E-state index < -0.39 is 64.9 Å². The van der Waals surface area contributed by atoms with Crippen molar-refractivity contribution in [2.75, 3.05) is 6.61 Å². The third kappa shape index (κ3) is 5.00. The van der Waals surface area contributed by atoms with E-state index >= 15 is 0 Å². The summed E-state index contributed by atoms with van der Waals surface area (Å²) in [6, 6.07) is -1.56. The van der Waals surface area contributed by atoms with Crippen molar-refractivity contribution in [1.29, 1.82) is 0 Å². The Bertz CT molecular complexity index is 799. The lowest BCUT2D eigenvalue weighted by Gasteiger charge is -2.47. The van der Waals surface area contributed by atoms with Gasteiger partial charge in [-0.3, -0.25) is 24.0 Å².